The summed E-state index contributed by atoms with van der Waals surface area (Å²) in [5, 5.41) is 8.58. The summed E-state index contributed by atoms with van der Waals surface area (Å²) in [6.45, 7) is 0. The molecule has 0 saturated heterocycles. The quantitative estimate of drug-likeness (QED) is 0.505. The molecule has 1 aromatic rings. The minimum Gasteiger partial charge on any atom is -1.00 e. The van der Waals surface area contributed by atoms with Crippen molar-refractivity contribution in [1.29, 1.82) is 0 Å². The van der Waals surface area contributed by atoms with Crippen molar-refractivity contribution in [3.05, 3.63) is 24.0 Å². The first-order valence-electron chi connectivity index (χ1n) is 2.97. The first kappa shape index (κ1) is 11.0. The van der Waals surface area contributed by atoms with Crippen LogP contribution in [0, 0.1) is 0 Å². The second-order valence-corrected chi connectivity index (χ2v) is 1.88. The molecule has 4 nitrogen and oxygen atoms in total. The van der Waals surface area contributed by atoms with Crippen LogP contribution in [0.3, 0.4) is 0 Å². The normalized spacial score (nSPS) is 8.42. The maximum Gasteiger partial charge on any atom is 1.00 e. The van der Waals surface area contributed by atoms with Crippen LogP contribution in [-0.4, -0.2) is 23.2 Å². The van der Waals surface area contributed by atoms with Gasteiger partial charge in [-0.05, 0) is 6.07 Å². The minimum atomic E-state index is -1.03. The molecule has 0 radical (unpaired) electrons. The third-order valence-electron chi connectivity index (χ3n) is 1.23. The van der Waals surface area contributed by atoms with Crippen LogP contribution in [0.2, 0.25) is 0 Å². The molecule has 0 amide bonds. The number of hydrogen-bond acceptors (Lipinski definition) is 3. The van der Waals surface area contributed by atoms with Gasteiger partial charge in [0, 0.05) is 12.4 Å². The van der Waals surface area contributed by atoms with Gasteiger partial charge in [-0.15, -0.1) is 0 Å². The number of carboxylic acid groups (broad SMARTS) is 1. The molecule has 1 rings (SSSR count). The van der Waals surface area contributed by atoms with Gasteiger partial charge in [-0.1, -0.05) is 0 Å². The summed E-state index contributed by atoms with van der Waals surface area (Å²) in [6, 6.07) is 1.50. The molecule has 1 N–H and O–H groups in total. The number of carboxylic acids is 1. The minimum absolute atomic E-state index is 0. The molecule has 0 aliphatic heterocycles. The van der Waals surface area contributed by atoms with Crippen LogP contribution in [0.25, 0.3) is 0 Å². The van der Waals surface area contributed by atoms with E-state index in [0.717, 1.165) is 0 Å². The largest absolute Gasteiger partial charge is 1.00 e. The molecule has 5 heteroatoms. The van der Waals surface area contributed by atoms with Crippen molar-refractivity contribution >= 4 is 5.97 Å². The fraction of sp³-hybridized carbons (Fsp3) is 0.143. The van der Waals surface area contributed by atoms with E-state index in [2.05, 4.69) is 4.98 Å². The Bertz CT molecular complexity index is 282. The monoisotopic (exact) mass is 161 g/mol. The number of rotatable bonds is 2. The zero-order chi connectivity index (χ0) is 8.27. The van der Waals surface area contributed by atoms with Gasteiger partial charge in [0.25, 0.3) is 0 Å². The summed E-state index contributed by atoms with van der Waals surface area (Å²) >= 11 is 0. The zero-order valence-electron chi connectivity index (χ0n) is 7.94. The number of hydrogen-bond donors (Lipinski definition) is 1. The number of nitrogens with zero attached hydrogens (tertiary/aromatic N) is 1. The molecule has 60 valence electrons. The molecule has 0 saturated carbocycles. The van der Waals surface area contributed by atoms with Crippen LogP contribution < -0.4 is 23.6 Å². The fourth-order valence-corrected chi connectivity index (χ4v) is 0.720. The zero-order valence-corrected chi connectivity index (χ0v) is 6.94. The summed E-state index contributed by atoms with van der Waals surface area (Å²) in [5.41, 5.74) is 0.0787. The van der Waals surface area contributed by atoms with Gasteiger partial charge >= 0.3 is 24.8 Å². The van der Waals surface area contributed by atoms with E-state index in [1.165, 1.54) is 25.6 Å². The Morgan fingerprint density at radius 1 is 1.75 bits per heavy atom. The molecule has 0 fully saturated rings. The van der Waals surface area contributed by atoms with Gasteiger partial charge in [0.15, 0.2) is 0 Å². The van der Waals surface area contributed by atoms with Crippen molar-refractivity contribution in [2.45, 2.75) is 0 Å². The maximum atomic E-state index is 10.5. The average molecular weight is 161 g/mol. The fourth-order valence-electron chi connectivity index (χ4n) is 0.720. The van der Waals surface area contributed by atoms with Crippen molar-refractivity contribution in [3.8, 4) is 5.75 Å². The Morgan fingerprint density at radius 2 is 2.42 bits per heavy atom. The molecule has 1 aromatic heterocycles. The standard InChI is InChI=1S/C7H7NO3.Li.H/c1-11-6-2-3-8-4-5(6)7(9)10;;/h2-4H,1H3,(H,9,10);;/q;+1;-1. The third-order valence-corrected chi connectivity index (χ3v) is 1.23. The summed E-state index contributed by atoms with van der Waals surface area (Å²) < 4.78 is 4.79. The molecule has 0 aromatic carbocycles. The van der Waals surface area contributed by atoms with Crippen molar-refractivity contribution < 1.29 is 34.9 Å². The van der Waals surface area contributed by atoms with Gasteiger partial charge in [0.05, 0.1) is 7.11 Å². The molecule has 12 heavy (non-hydrogen) atoms. The van der Waals surface area contributed by atoms with E-state index in [-0.39, 0.29) is 25.9 Å². The van der Waals surface area contributed by atoms with Gasteiger partial charge < -0.3 is 11.3 Å². The molecule has 0 aliphatic carbocycles. The Hall–Kier alpha value is -0.983. The van der Waals surface area contributed by atoms with E-state index in [1.54, 1.807) is 0 Å². The predicted molar refractivity (Wildman–Crippen MR) is 38.9 cm³/mol. The van der Waals surface area contributed by atoms with Crippen molar-refractivity contribution in [1.82, 2.24) is 4.98 Å². The van der Waals surface area contributed by atoms with E-state index in [9.17, 15) is 4.79 Å². The van der Waals surface area contributed by atoms with Crippen LogP contribution in [0.15, 0.2) is 18.5 Å². The van der Waals surface area contributed by atoms with Gasteiger partial charge in [-0.25, -0.2) is 4.79 Å². The third kappa shape index (κ3) is 2.26. The molecule has 0 unspecified atom stereocenters. The Labute approximate surface area is 83.2 Å². The molecular formula is C7H8LiNO3. The second-order valence-electron chi connectivity index (χ2n) is 1.88. The maximum absolute atomic E-state index is 10.5. The van der Waals surface area contributed by atoms with E-state index >= 15 is 0 Å². The number of aromatic nitrogens is 1. The van der Waals surface area contributed by atoms with E-state index in [4.69, 9.17) is 9.84 Å². The van der Waals surface area contributed by atoms with Crippen LogP contribution in [-0.2, 0) is 0 Å². The first-order valence-corrected chi connectivity index (χ1v) is 2.97. The number of methoxy groups -OCH3 is 1. The molecule has 0 bridgehead atoms. The van der Waals surface area contributed by atoms with Gasteiger partial charge in [0.1, 0.15) is 11.3 Å². The van der Waals surface area contributed by atoms with Gasteiger partial charge in [-0.3, -0.25) is 4.98 Å². The SMILES string of the molecule is COc1ccncc1C(=O)O.[H-].[Li+]. The summed E-state index contributed by atoms with van der Waals surface area (Å²) in [7, 11) is 1.42. The number of pyridine rings is 1. The average Bonchev–Trinajstić information content (AvgIpc) is 2.04. The Kier molecular flexibility index (Phi) is 4.41. The molecule has 1 heterocycles. The summed E-state index contributed by atoms with van der Waals surface area (Å²) in [4.78, 5) is 14.1. The molecular weight excluding hydrogens is 153 g/mol. The van der Waals surface area contributed by atoms with Gasteiger partial charge in [0.2, 0.25) is 0 Å². The van der Waals surface area contributed by atoms with E-state index in [0.29, 0.717) is 5.75 Å². The Balaban J connectivity index is 0. The number of aromatic carboxylic acids is 1. The van der Waals surface area contributed by atoms with Crippen LogP contribution in [0.4, 0.5) is 0 Å². The van der Waals surface area contributed by atoms with Crippen molar-refractivity contribution in [3.63, 3.8) is 0 Å². The van der Waals surface area contributed by atoms with Crippen LogP contribution >= 0.6 is 0 Å². The summed E-state index contributed by atoms with van der Waals surface area (Å²) in [6.07, 6.45) is 2.73. The van der Waals surface area contributed by atoms with Gasteiger partial charge in [-0.2, -0.15) is 0 Å². The molecule has 0 aliphatic rings. The topological polar surface area (TPSA) is 59.4 Å². The first-order chi connectivity index (χ1) is 5.25. The molecule has 0 spiro atoms. The van der Waals surface area contributed by atoms with Crippen LogP contribution in [0.5, 0.6) is 5.75 Å². The van der Waals surface area contributed by atoms with E-state index in [1.807, 2.05) is 0 Å². The summed E-state index contributed by atoms with van der Waals surface area (Å²) in [5.74, 6) is -0.706. The van der Waals surface area contributed by atoms with Crippen molar-refractivity contribution in [2.24, 2.45) is 0 Å². The number of ether oxygens (including phenoxy) is 1. The smallest absolute Gasteiger partial charge is 1.00 e. The van der Waals surface area contributed by atoms with Crippen LogP contribution in [0.1, 0.15) is 11.8 Å². The molecule has 0 atom stereocenters. The van der Waals surface area contributed by atoms with Crippen molar-refractivity contribution in [2.75, 3.05) is 7.11 Å². The predicted octanol–water partition coefficient (Wildman–Crippen LogP) is -2.10. The number of carbonyl (C=O) groups is 1. The Morgan fingerprint density at radius 3 is 2.83 bits per heavy atom. The van der Waals surface area contributed by atoms with E-state index < -0.39 is 5.97 Å². The second kappa shape index (κ2) is 4.81.